The number of rotatable bonds is 6. The van der Waals surface area contributed by atoms with Crippen molar-refractivity contribution in [2.24, 2.45) is 0 Å². The highest BCUT2D eigenvalue weighted by Gasteiger charge is 2.19. The van der Waals surface area contributed by atoms with E-state index in [1.165, 1.54) is 6.07 Å². The zero-order chi connectivity index (χ0) is 24.3. The molecule has 0 spiro atoms. The summed E-state index contributed by atoms with van der Waals surface area (Å²) in [4.78, 5) is 29.6. The number of hydrogen-bond donors (Lipinski definition) is 1. The van der Waals surface area contributed by atoms with Crippen LogP contribution < -0.4 is 10.9 Å². The van der Waals surface area contributed by atoms with E-state index < -0.39 is 35.1 Å². The number of fused-ring (bicyclic) bond motifs is 1. The Labute approximate surface area is 193 Å². The topological polar surface area (TPSA) is 73.2 Å². The zero-order valence-electron chi connectivity index (χ0n) is 18.3. The first-order valence-corrected chi connectivity index (χ1v) is 10.6. The standard InChI is InChI=1S/C23H23ClF3N3O3/c1-23(2,3)33-22(32)28-9-5-8-18-29-17-7-4-6-16(24)19(17)21(31)30(18)15-11-13(20(26)27)10-14(25)12-15/h4,6-7,10-12,20H,5,8-9H2,1-3H3,(H,28,32). The lowest BCUT2D eigenvalue weighted by atomic mass is 10.1. The van der Waals surface area contributed by atoms with Crippen molar-refractivity contribution in [3.8, 4) is 5.69 Å². The smallest absolute Gasteiger partial charge is 0.407 e. The van der Waals surface area contributed by atoms with Gasteiger partial charge in [-0.15, -0.1) is 0 Å². The molecule has 0 unspecified atom stereocenters. The number of carbonyl (C=O) groups is 1. The lowest BCUT2D eigenvalue weighted by Crippen LogP contribution is -2.33. The highest BCUT2D eigenvalue weighted by atomic mass is 35.5. The summed E-state index contributed by atoms with van der Waals surface area (Å²) in [7, 11) is 0. The number of alkyl halides is 2. The van der Waals surface area contributed by atoms with Gasteiger partial charge in [-0.3, -0.25) is 9.36 Å². The molecule has 0 aliphatic heterocycles. The molecular weight excluding hydrogens is 459 g/mol. The van der Waals surface area contributed by atoms with E-state index in [1.54, 1.807) is 32.9 Å². The Morgan fingerprint density at radius 3 is 2.64 bits per heavy atom. The summed E-state index contributed by atoms with van der Waals surface area (Å²) in [5.74, 6) is -0.696. The first kappa shape index (κ1) is 24.6. The van der Waals surface area contributed by atoms with Crippen LogP contribution in [0.5, 0.6) is 0 Å². The summed E-state index contributed by atoms with van der Waals surface area (Å²) < 4.78 is 46.9. The Kier molecular flexibility index (Phi) is 7.31. The maximum absolute atomic E-state index is 14.1. The summed E-state index contributed by atoms with van der Waals surface area (Å²) in [5, 5.41) is 2.84. The molecular formula is C23H23ClF3N3O3. The van der Waals surface area contributed by atoms with E-state index in [2.05, 4.69) is 10.3 Å². The second kappa shape index (κ2) is 9.82. The van der Waals surface area contributed by atoms with Gasteiger partial charge in [0.05, 0.1) is 21.6 Å². The molecule has 0 aliphatic carbocycles. The minimum atomic E-state index is -2.92. The average Bonchev–Trinajstić information content (AvgIpc) is 2.69. The number of aromatic nitrogens is 2. The first-order chi connectivity index (χ1) is 15.5. The number of carbonyl (C=O) groups excluding carboxylic acids is 1. The summed E-state index contributed by atoms with van der Waals surface area (Å²) >= 11 is 6.19. The van der Waals surface area contributed by atoms with Crippen LogP contribution in [0.25, 0.3) is 16.6 Å². The fourth-order valence-corrected chi connectivity index (χ4v) is 3.52. The Bertz CT molecular complexity index is 1240. The van der Waals surface area contributed by atoms with Gasteiger partial charge in [0.2, 0.25) is 0 Å². The molecule has 33 heavy (non-hydrogen) atoms. The van der Waals surface area contributed by atoms with Crippen LogP contribution in [0, 0.1) is 5.82 Å². The van der Waals surface area contributed by atoms with Crippen LogP contribution in [0.4, 0.5) is 18.0 Å². The van der Waals surface area contributed by atoms with Gasteiger partial charge in [-0.1, -0.05) is 17.7 Å². The number of amides is 1. The summed E-state index contributed by atoms with van der Waals surface area (Å²) in [6.45, 7) is 5.43. The van der Waals surface area contributed by atoms with Crippen LogP contribution in [0.1, 0.15) is 45.0 Å². The molecule has 3 aromatic rings. The molecule has 0 saturated heterocycles. The molecule has 1 aromatic heterocycles. The molecule has 0 atom stereocenters. The second-order valence-electron chi connectivity index (χ2n) is 8.38. The normalized spacial score (nSPS) is 11.8. The fraction of sp³-hybridized carbons (Fsp3) is 0.348. The maximum atomic E-state index is 14.1. The van der Waals surface area contributed by atoms with E-state index >= 15 is 0 Å². The third-order valence-electron chi connectivity index (χ3n) is 4.58. The summed E-state index contributed by atoms with van der Waals surface area (Å²) in [5.41, 5.74) is -1.58. The third kappa shape index (κ3) is 6.04. The van der Waals surface area contributed by atoms with Gasteiger partial charge in [-0.25, -0.2) is 22.9 Å². The number of benzene rings is 2. The van der Waals surface area contributed by atoms with E-state index in [0.717, 1.165) is 16.7 Å². The number of halogens is 4. The SMILES string of the molecule is CC(C)(C)OC(=O)NCCCc1nc2cccc(Cl)c2c(=O)n1-c1cc(F)cc(C(F)F)c1. The summed E-state index contributed by atoms with van der Waals surface area (Å²) in [6.07, 6.45) is -2.97. The molecule has 0 saturated carbocycles. The van der Waals surface area contributed by atoms with Crippen molar-refractivity contribution in [2.75, 3.05) is 6.54 Å². The van der Waals surface area contributed by atoms with Gasteiger partial charge in [0.25, 0.3) is 12.0 Å². The van der Waals surface area contributed by atoms with Gasteiger partial charge < -0.3 is 10.1 Å². The van der Waals surface area contributed by atoms with Gasteiger partial charge in [-0.05, 0) is 57.5 Å². The molecule has 2 aromatic carbocycles. The van der Waals surface area contributed by atoms with Gasteiger partial charge in [-0.2, -0.15) is 0 Å². The fourth-order valence-electron chi connectivity index (χ4n) is 3.27. The molecule has 0 radical (unpaired) electrons. The van der Waals surface area contributed by atoms with Crippen molar-refractivity contribution in [3.05, 3.63) is 69.0 Å². The molecule has 0 bridgehead atoms. The predicted octanol–water partition coefficient (Wildman–Crippen LogP) is 5.57. The maximum Gasteiger partial charge on any atom is 0.407 e. The molecule has 176 valence electrons. The van der Waals surface area contributed by atoms with Gasteiger partial charge in [0.15, 0.2) is 0 Å². The lowest BCUT2D eigenvalue weighted by Gasteiger charge is -2.19. The van der Waals surface area contributed by atoms with E-state index in [9.17, 15) is 22.8 Å². The minimum absolute atomic E-state index is 0.0836. The number of nitrogens with zero attached hydrogens (tertiary/aromatic N) is 2. The molecule has 3 rings (SSSR count). The number of ether oxygens (including phenoxy) is 1. The van der Waals surface area contributed by atoms with Crippen molar-refractivity contribution < 1.29 is 22.7 Å². The van der Waals surface area contributed by atoms with E-state index in [1.807, 2.05) is 0 Å². The van der Waals surface area contributed by atoms with Crippen molar-refractivity contribution in [1.29, 1.82) is 0 Å². The van der Waals surface area contributed by atoms with Crippen molar-refractivity contribution in [1.82, 2.24) is 14.9 Å². The first-order valence-electron chi connectivity index (χ1n) is 10.2. The Hall–Kier alpha value is -3.07. The molecule has 1 amide bonds. The molecule has 10 heteroatoms. The monoisotopic (exact) mass is 481 g/mol. The minimum Gasteiger partial charge on any atom is -0.444 e. The quantitative estimate of drug-likeness (QED) is 0.467. The zero-order valence-corrected chi connectivity index (χ0v) is 19.0. The number of hydrogen-bond acceptors (Lipinski definition) is 4. The van der Waals surface area contributed by atoms with Crippen LogP contribution in [0.2, 0.25) is 5.02 Å². The van der Waals surface area contributed by atoms with Crippen molar-refractivity contribution in [3.63, 3.8) is 0 Å². The molecule has 0 fully saturated rings. The van der Waals surface area contributed by atoms with E-state index in [-0.39, 0.29) is 34.9 Å². The van der Waals surface area contributed by atoms with Gasteiger partial charge >= 0.3 is 6.09 Å². The van der Waals surface area contributed by atoms with Crippen LogP contribution in [-0.2, 0) is 11.2 Å². The van der Waals surface area contributed by atoms with Crippen LogP contribution in [0.3, 0.4) is 0 Å². The van der Waals surface area contributed by atoms with Crippen LogP contribution >= 0.6 is 11.6 Å². The highest BCUT2D eigenvalue weighted by Crippen LogP contribution is 2.25. The highest BCUT2D eigenvalue weighted by molar-refractivity contribution is 6.35. The number of alkyl carbamates (subject to hydrolysis) is 1. The number of nitrogens with one attached hydrogen (secondary N) is 1. The third-order valence-corrected chi connectivity index (χ3v) is 4.89. The van der Waals surface area contributed by atoms with Crippen molar-refractivity contribution in [2.45, 2.75) is 45.6 Å². The van der Waals surface area contributed by atoms with E-state index in [0.29, 0.717) is 18.0 Å². The van der Waals surface area contributed by atoms with Crippen LogP contribution in [0.15, 0.2) is 41.2 Å². The molecule has 1 heterocycles. The number of aryl methyl sites for hydroxylation is 1. The average molecular weight is 482 g/mol. The van der Waals surface area contributed by atoms with E-state index in [4.69, 9.17) is 16.3 Å². The second-order valence-corrected chi connectivity index (χ2v) is 8.79. The Balaban J connectivity index is 1.99. The molecule has 0 aliphatic rings. The van der Waals surface area contributed by atoms with Gasteiger partial charge in [0, 0.05) is 18.5 Å². The van der Waals surface area contributed by atoms with Crippen LogP contribution in [-0.4, -0.2) is 27.8 Å². The largest absolute Gasteiger partial charge is 0.444 e. The molecule has 1 N–H and O–H groups in total. The van der Waals surface area contributed by atoms with Crippen molar-refractivity contribution >= 4 is 28.6 Å². The summed E-state index contributed by atoms with van der Waals surface area (Å²) in [6, 6.07) is 7.49. The molecule has 6 nitrogen and oxygen atoms in total. The predicted molar refractivity (Wildman–Crippen MR) is 120 cm³/mol. The lowest BCUT2D eigenvalue weighted by molar-refractivity contribution is 0.0527. The van der Waals surface area contributed by atoms with Gasteiger partial charge in [0.1, 0.15) is 17.2 Å². The Morgan fingerprint density at radius 1 is 1.24 bits per heavy atom. The Morgan fingerprint density at radius 2 is 1.97 bits per heavy atom.